The number of nitrogens with one attached hydrogen (secondary N) is 1. The molecule has 2 aliphatic rings. The lowest BCUT2D eigenvalue weighted by molar-refractivity contribution is -0.137. The molecule has 2 saturated heterocycles. The van der Waals surface area contributed by atoms with Crippen LogP contribution in [0.2, 0.25) is 0 Å². The number of piperidine rings is 1. The van der Waals surface area contributed by atoms with Crippen LogP contribution in [-0.2, 0) is 11.0 Å². The van der Waals surface area contributed by atoms with Gasteiger partial charge < -0.3 is 10.2 Å². The molecule has 1 amide bonds. The average molecular weight is 391 g/mol. The maximum absolute atomic E-state index is 12.6. The van der Waals surface area contributed by atoms with Gasteiger partial charge in [-0.25, -0.2) is 0 Å². The zero-order chi connectivity index (χ0) is 18.2. The molecule has 0 aromatic heterocycles. The average Bonchev–Trinajstić information content (AvgIpc) is 2.91. The van der Waals surface area contributed by atoms with E-state index in [4.69, 9.17) is 0 Å². The lowest BCUT2D eigenvalue weighted by atomic mass is 9.94. The van der Waals surface area contributed by atoms with Crippen molar-refractivity contribution in [2.24, 2.45) is 0 Å². The summed E-state index contributed by atoms with van der Waals surface area (Å²) < 4.78 is 37.9. The zero-order valence-corrected chi connectivity index (χ0v) is 15.9. The number of hydrogen-bond acceptors (Lipinski definition) is 2. The van der Waals surface area contributed by atoms with Crippen LogP contribution in [-0.4, -0.2) is 36.0 Å². The first kappa shape index (κ1) is 21.0. The van der Waals surface area contributed by atoms with Crippen LogP contribution < -0.4 is 5.32 Å². The molecule has 3 rings (SSSR count). The SMILES string of the molecule is CC(CC(=O)N(C)C1CC2CCC(C1)N2)c1ccc(C(F)(F)F)cc1.Cl. The van der Waals surface area contributed by atoms with Crippen molar-refractivity contribution in [1.29, 1.82) is 0 Å². The Morgan fingerprint density at radius 2 is 1.73 bits per heavy atom. The standard InChI is InChI=1S/C19H25F3N2O.ClH/c1-12(13-3-5-14(6-4-13)19(20,21)22)9-18(25)24(2)17-10-15-7-8-16(11-17)23-15;/h3-6,12,15-17,23H,7-11H2,1-2H3;1H. The largest absolute Gasteiger partial charge is 0.416 e. The van der Waals surface area contributed by atoms with E-state index in [0.717, 1.165) is 30.5 Å². The maximum atomic E-state index is 12.6. The summed E-state index contributed by atoms with van der Waals surface area (Å²) in [6.45, 7) is 1.89. The van der Waals surface area contributed by atoms with Crippen LogP contribution in [0.15, 0.2) is 24.3 Å². The molecule has 0 radical (unpaired) electrons. The van der Waals surface area contributed by atoms with Gasteiger partial charge in [-0.1, -0.05) is 19.1 Å². The van der Waals surface area contributed by atoms with Crippen LogP contribution >= 0.6 is 12.4 Å². The second-order valence-corrected chi connectivity index (χ2v) is 7.49. The molecule has 1 aromatic rings. The summed E-state index contributed by atoms with van der Waals surface area (Å²) in [6, 6.07) is 6.44. The Kier molecular flexibility index (Phi) is 6.61. The third-order valence-electron chi connectivity index (χ3n) is 5.68. The fourth-order valence-electron chi connectivity index (χ4n) is 4.07. The number of fused-ring (bicyclic) bond motifs is 2. The molecule has 26 heavy (non-hydrogen) atoms. The van der Waals surface area contributed by atoms with Gasteiger partial charge in [0.2, 0.25) is 5.91 Å². The van der Waals surface area contributed by atoms with Crippen LogP contribution in [0, 0.1) is 0 Å². The predicted octanol–water partition coefficient (Wildman–Crippen LogP) is 4.36. The van der Waals surface area contributed by atoms with Gasteiger partial charge in [0.15, 0.2) is 0 Å². The molecule has 146 valence electrons. The Bertz CT molecular complexity index is 608. The lowest BCUT2D eigenvalue weighted by Crippen LogP contribution is -2.48. The van der Waals surface area contributed by atoms with E-state index in [1.807, 2.05) is 18.9 Å². The van der Waals surface area contributed by atoms with Crippen molar-refractivity contribution in [3.05, 3.63) is 35.4 Å². The maximum Gasteiger partial charge on any atom is 0.416 e. The van der Waals surface area contributed by atoms with Crippen molar-refractivity contribution in [1.82, 2.24) is 10.2 Å². The molecule has 2 bridgehead atoms. The van der Waals surface area contributed by atoms with Gasteiger partial charge in [-0.05, 0) is 49.3 Å². The number of benzene rings is 1. The summed E-state index contributed by atoms with van der Waals surface area (Å²) in [6.07, 6.45) is 0.352. The van der Waals surface area contributed by atoms with Gasteiger partial charge in [0.25, 0.3) is 0 Å². The molecule has 3 atom stereocenters. The Balaban J connectivity index is 0.00000243. The Hall–Kier alpha value is -1.27. The summed E-state index contributed by atoms with van der Waals surface area (Å²) in [4.78, 5) is 14.5. The quantitative estimate of drug-likeness (QED) is 0.828. The number of nitrogens with zero attached hydrogens (tertiary/aromatic N) is 1. The van der Waals surface area contributed by atoms with E-state index in [2.05, 4.69) is 5.32 Å². The van der Waals surface area contributed by atoms with E-state index >= 15 is 0 Å². The monoisotopic (exact) mass is 390 g/mol. The number of carbonyl (C=O) groups is 1. The summed E-state index contributed by atoms with van der Waals surface area (Å²) in [5, 5.41) is 3.57. The molecule has 2 aliphatic heterocycles. The van der Waals surface area contributed by atoms with Gasteiger partial charge in [0.1, 0.15) is 0 Å². The minimum absolute atomic E-state index is 0. The molecule has 1 aromatic carbocycles. The van der Waals surface area contributed by atoms with Crippen LogP contribution in [0.25, 0.3) is 0 Å². The second-order valence-electron chi connectivity index (χ2n) is 7.49. The highest BCUT2D eigenvalue weighted by Gasteiger charge is 2.36. The van der Waals surface area contributed by atoms with E-state index in [1.165, 1.54) is 25.0 Å². The molecular weight excluding hydrogens is 365 g/mol. The van der Waals surface area contributed by atoms with Crippen molar-refractivity contribution in [3.63, 3.8) is 0 Å². The van der Waals surface area contributed by atoms with Gasteiger partial charge in [0, 0.05) is 31.6 Å². The van der Waals surface area contributed by atoms with Gasteiger partial charge >= 0.3 is 6.18 Å². The molecule has 0 aliphatic carbocycles. The molecule has 0 saturated carbocycles. The molecule has 0 spiro atoms. The number of amides is 1. The first-order chi connectivity index (χ1) is 11.7. The third-order valence-corrected chi connectivity index (χ3v) is 5.68. The van der Waals surface area contributed by atoms with E-state index < -0.39 is 11.7 Å². The highest BCUT2D eigenvalue weighted by molar-refractivity contribution is 5.85. The van der Waals surface area contributed by atoms with Crippen LogP contribution in [0.3, 0.4) is 0 Å². The molecule has 2 heterocycles. The van der Waals surface area contributed by atoms with Gasteiger partial charge in [-0.2, -0.15) is 13.2 Å². The van der Waals surface area contributed by atoms with E-state index in [0.29, 0.717) is 18.5 Å². The molecular formula is C19H26ClF3N2O. The van der Waals surface area contributed by atoms with Crippen LogP contribution in [0.4, 0.5) is 13.2 Å². The topological polar surface area (TPSA) is 32.3 Å². The van der Waals surface area contributed by atoms with Crippen molar-refractivity contribution in [2.45, 2.75) is 69.2 Å². The molecule has 2 fully saturated rings. The highest BCUT2D eigenvalue weighted by Crippen LogP contribution is 2.32. The number of halogens is 4. The Morgan fingerprint density at radius 3 is 2.23 bits per heavy atom. The molecule has 3 unspecified atom stereocenters. The number of hydrogen-bond donors (Lipinski definition) is 1. The van der Waals surface area contributed by atoms with E-state index in [-0.39, 0.29) is 30.3 Å². The summed E-state index contributed by atoms with van der Waals surface area (Å²) >= 11 is 0. The number of alkyl halides is 3. The van der Waals surface area contributed by atoms with Crippen molar-refractivity contribution in [2.75, 3.05) is 7.05 Å². The minimum atomic E-state index is -4.33. The second kappa shape index (κ2) is 8.17. The first-order valence-corrected chi connectivity index (χ1v) is 8.93. The van der Waals surface area contributed by atoms with Crippen LogP contribution in [0.5, 0.6) is 0 Å². The Labute approximate surface area is 158 Å². The number of rotatable bonds is 4. The smallest absolute Gasteiger partial charge is 0.343 e. The zero-order valence-electron chi connectivity index (χ0n) is 15.1. The van der Waals surface area contributed by atoms with Gasteiger partial charge in [-0.15, -0.1) is 12.4 Å². The first-order valence-electron chi connectivity index (χ1n) is 8.93. The summed E-state index contributed by atoms with van der Waals surface area (Å²) in [7, 11) is 1.86. The molecule has 3 nitrogen and oxygen atoms in total. The Morgan fingerprint density at radius 1 is 1.19 bits per heavy atom. The molecule has 7 heteroatoms. The summed E-state index contributed by atoms with van der Waals surface area (Å²) in [5.41, 5.74) is 0.109. The predicted molar refractivity (Wildman–Crippen MR) is 97.5 cm³/mol. The van der Waals surface area contributed by atoms with E-state index in [1.54, 1.807) is 0 Å². The number of carbonyl (C=O) groups excluding carboxylic acids is 1. The van der Waals surface area contributed by atoms with Crippen LogP contribution in [0.1, 0.15) is 56.1 Å². The van der Waals surface area contributed by atoms with Crippen molar-refractivity contribution in [3.8, 4) is 0 Å². The fourth-order valence-corrected chi connectivity index (χ4v) is 4.07. The third kappa shape index (κ3) is 4.71. The fraction of sp³-hybridized carbons (Fsp3) is 0.632. The van der Waals surface area contributed by atoms with Gasteiger partial charge in [0.05, 0.1) is 5.56 Å². The highest BCUT2D eigenvalue weighted by atomic mass is 35.5. The van der Waals surface area contributed by atoms with Crippen molar-refractivity contribution >= 4 is 18.3 Å². The molecule has 1 N–H and O–H groups in total. The van der Waals surface area contributed by atoms with Crippen molar-refractivity contribution < 1.29 is 18.0 Å². The van der Waals surface area contributed by atoms with E-state index in [9.17, 15) is 18.0 Å². The van der Waals surface area contributed by atoms with Gasteiger partial charge in [-0.3, -0.25) is 4.79 Å². The minimum Gasteiger partial charge on any atom is -0.343 e. The lowest BCUT2D eigenvalue weighted by Gasteiger charge is -2.36. The normalized spacial score (nSPS) is 26.1. The summed E-state index contributed by atoms with van der Waals surface area (Å²) in [5.74, 6) is -0.0330.